The van der Waals surface area contributed by atoms with E-state index >= 15 is 0 Å². The summed E-state index contributed by atoms with van der Waals surface area (Å²) in [5, 5.41) is 0.934. The molecule has 0 unspecified atom stereocenters. The van der Waals surface area contributed by atoms with Crippen molar-refractivity contribution in [2.75, 3.05) is 33.2 Å². The molecular formula is C29H32BrCl2N3O3. The number of hydrogen-bond donors (Lipinski definition) is 0. The molecule has 0 bridgehead atoms. The summed E-state index contributed by atoms with van der Waals surface area (Å²) in [6.07, 6.45) is 4.07. The Balaban J connectivity index is 1.32. The molecule has 2 atom stereocenters. The van der Waals surface area contributed by atoms with Crippen molar-refractivity contribution < 1.29 is 14.4 Å². The second-order valence-corrected chi connectivity index (χ2v) is 12.4. The van der Waals surface area contributed by atoms with Crippen LogP contribution >= 0.6 is 39.1 Å². The zero-order valence-electron chi connectivity index (χ0n) is 21.4. The first-order valence-corrected chi connectivity index (χ1v) is 14.8. The van der Waals surface area contributed by atoms with Crippen molar-refractivity contribution in [3.8, 4) is 0 Å². The number of likely N-dealkylation sites (tertiary alicyclic amines) is 2. The van der Waals surface area contributed by atoms with Crippen LogP contribution < -0.4 is 0 Å². The van der Waals surface area contributed by atoms with Gasteiger partial charge in [0, 0.05) is 67.1 Å². The minimum Gasteiger partial charge on any atom is -0.342 e. The van der Waals surface area contributed by atoms with Crippen LogP contribution in [0, 0.1) is 11.8 Å². The van der Waals surface area contributed by atoms with Crippen LogP contribution in [0.15, 0.2) is 46.9 Å². The van der Waals surface area contributed by atoms with Gasteiger partial charge in [0.25, 0.3) is 5.91 Å². The molecule has 202 valence electrons. The van der Waals surface area contributed by atoms with Crippen molar-refractivity contribution >= 4 is 56.9 Å². The normalized spacial score (nSPS) is 22.3. The van der Waals surface area contributed by atoms with E-state index in [1.165, 1.54) is 0 Å². The van der Waals surface area contributed by atoms with Crippen molar-refractivity contribution in [1.29, 1.82) is 0 Å². The lowest BCUT2D eigenvalue weighted by Gasteiger charge is -2.44. The lowest BCUT2D eigenvalue weighted by Crippen LogP contribution is -2.53. The maximum Gasteiger partial charge on any atom is 0.253 e. The van der Waals surface area contributed by atoms with Gasteiger partial charge in [-0.15, -0.1) is 0 Å². The van der Waals surface area contributed by atoms with E-state index in [1.54, 1.807) is 11.0 Å². The SMILES string of the molecule is CN(C(=O)c1ccc(Br)cc1)[C@@H]1CCN(C(=O)C2CCN(C(=O)C3CC3)CC2)C[C@H]1c1ccc(Cl)c(Cl)c1. The summed E-state index contributed by atoms with van der Waals surface area (Å²) >= 11 is 16.0. The molecule has 2 heterocycles. The number of benzene rings is 2. The second-order valence-electron chi connectivity index (χ2n) is 10.7. The van der Waals surface area contributed by atoms with Gasteiger partial charge in [-0.25, -0.2) is 0 Å². The molecule has 2 aromatic rings. The zero-order chi connectivity index (χ0) is 27.0. The molecule has 9 heteroatoms. The first kappa shape index (κ1) is 27.5. The average molecular weight is 621 g/mol. The second kappa shape index (κ2) is 11.6. The molecule has 2 saturated heterocycles. The Morgan fingerprint density at radius 3 is 2.05 bits per heavy atom. The van der Waals surface area contributed by atoms with Gasteiger partial charge in [0.1, 0.15) is 0 Å². The summed E-state index contributed by atoms with van der Waals surface area (Å²) in [6, 6.07) is 12.8. The molecule has 5 rings (SSSR count). The van der Waals surface area contributed by atoms with E-state index in [9.17, 15) is 14.4 Å². The topological polar surface area (TPSA) is 60.9 Å². The van der Waals surface area contributed by atoms with Crippen molar-refractivity contribution in [1.82, 2.24) is 14.7 Å². The largest absolute Gasteiger partial charge is 0.342 e. The van der Waals surface area contributed by atoms with Crippen molar-refractivity contribution in [2.45, 2.75) is 44.1 Å². The van der Waals surface area contributed by atoms with Gasteiger partial charge in [-0.05, 0) is 74.1 Å². The van der Waals surface area contributed by atoms with Crippen molar-refractivity contribution in [3.05, 3.63) is 68.1 Å². The maximum atomic E-state index is 13.6. The average Bonchev–Trinajstić information content (AvgIpc) is 3.79. The van der Waals surface area contributed by atoms with Crippen LogP contribution in [0.5, 0.6) is 0 Å². The monoisotopic (exact) mass is 619 g/mol. The zero-order valence-corrected chi connectivity index (χ0v) is 24.5. The Bertz CT molecular complexity index is 1210. The molecule has 0 radical (unpaired) electrons. The van der Waals surface area contributed by atoms with Gasteiger partial charge in [0.05, 0.1) is 10.0 Å². The van der Waals surface area contributed by atoms with Gasteiger partial charge in [-0.3, -0.25) is 14.4 Å². The van der Waals surface area contributed by atoms with Crippen LogP contribution in [0.2, 0.25) is 10.0 Å². The molecule has 2 aromatic carbocycles. The lowest BCUT2D eigenvalue weighted by atomic mass is 9.83. The summed E-state index contributed by atoms with van der Waals surface area (Å²) in [7, 11) is 1.84. The van der Waals surface area contributed by atoms with Crippen LogP contribution in [-0.2, 0) is 9.59 Å². The fourth-order valence-corrected chi connectivity index (χ4v) is 6.39. The van der Waals surface area contributed by atoms with E-state index in [0.29, 0.717) is 61.1 Å². The predicted octanol–water partition coefficient (Wildman–Crippen LogP) is 5.86. The maximum absolute atomic E-state index is 13.6. The van der Waals surface area contributed by atoms with Gasteiger partial charge in [0.15, 0.2) is 0 Å². The Morgan fingerprint density at radius 2 is 1.42 bits per heavy atom. The third-order valence-corrected chi connectivity index (χ3v) is 9.52. The number of carbonyl (C=O) groups is 3. The number of likely N-dealkylation sites (N-methyl/N-ethyl adjacent to an activating group) is 1. The van der Waals surface area contributed by atoms with Gasteiger partial charge in [0.2, 0.25) is 11.8 Å². The summed E-state index contributed by atoms with van der Waals surface area (Å²) in [4.78, 5) is 45.2. The minimum atomic E-state index is -0.108. The quantitative estimate of drug-likeness (QED) is 0.421. The van der Waals surface area contributed by atoms with Gasteiger partial charge in [-0.1, -0.05) is 45.2 Å². The number of amides is 3. The summed E-state index contributed by atoms with van der Waals surface area (Å²) in [6.45, 7) is 2.40. The van der Waals surface area contributed by atoms with Crippen LogP contribution in [0.3, 0.4) is 0 Å². The molecule has 0 aromatic heterocycles. The van der Waals surface area contributed by atoms with Crippen LogP contribution in [0.4, 0.5) is 0 Å². The van der Waals surface area contributed by atoms with E-state index in [4.69, 9.17) is 23.2 Å². The molecular weight excluding hydrogens is 589 g/mol. The Labute approximate surface area is 242 Å². The van der Waals surface area contributed by atoms with E-state index in [1.807, 2.05) is 53.2 Å². The predicted molar refractivity (Wildman–Crippen MR) is 152 cm³/mol. The number of nitrogens with zero attached hydrogens (tertiary/aromatic N) is 3. The number of rotatable bonds is 5. The van der Waals surface area contributed by atoms with E-state index < -0.39 is 0 Å². The molecule has 38 heavy (non-hydrogen) atoms. The van der Waals surface area contributed by atoms with E-state index in [2.05, 4.69) is 15.9 Å². The molecule has 3 aliphatic rings. The third kappa shape index (κ3) is 5.90. The summed E-state index contributed by atoms with van der Waals surface area (Å²) < 4.78 is 0.917. The van der Waals surface area contributed by atoms with Crippen molar-refractivity contribution in [3.63, 3.8) is 0 Å². The van der Waals surface area contributed by atoms with Crippen LogP contribution in [-0.4, -0.2) is 71.7 Å². The minimum absolute atomic E-state index is 0.0555. The molecule has 1 aliphatic carbocycles. The Morgan fingerprint density at radius 1 is 0.816 bits per heavy atom. The first-order chi connectivity index (χ1) is 18.2. The molecule has 3 amide bonds. The van der Waals surface area contributed by atoms with Crippen molar-refractivity contribution in [2.24, 2.45) is 11.8 Å². The highest BCUT2D eigenvalue weighted by molar-refractivity contribution is 9.10. The molecule has 0 N–H and O–H groups in total. The van der Waals surface area contributed by atoms with Gasteiger partial charge in [-0.2, -0.15) is 0 Å². The number of halogens is 3. The molecule has 6 nitrogen and oxygen atoms in total. The molecule has 1 saturated carbocycles. The smallest absolute Gasteiger partial charge is 0.253 e. The van der Waals surface area contributed by atoms with Gasteiger partial charge < -0.3 is 14.7 Å². The summed E-state index contributed by atoms with van der Waals surface area (Å²) in [5.74, 6) is 0.379. The highest BCUT2D eigenvalue weighted by Crippen LogP contribution is 2.36. The molecule has 3 fully saturated rings. The van der Waals surface area contributed by atoms with Crippen LogP contribution in [0.25, 0.3) is 0 Å². The first-order valence-electron chi connectivity index (χ1n) is 13.3. The fourth-order valence-electron chi connectivity index (χ4n) is 5.81. The Kier molecular flexibility index (Phi) is 8.36. The van der Waals surface area contributed by atoms with E-state index in [-0.39, 0.29) is 41.5 Å². The number of hydrogen-bond acceptors (Lipinski definition) is 3. The standard InChI is InChI=1S/C29H32BrCl2N3O3/c1-33(27(36)18-4-7-22(30)8-5-18)26-12-15-35(17-23(26)21-6-9-24(31)25(32)16-21)29(38)20-10-13-34(14-11-20)28(37)19-2-3-19/h4-9,16,19-20,23,26H,2-3,10-15,17H2,1H3/t23-,26+/m0/s1. The highest BCUT2D eigenvalue weighted by atomic mass is 79.9. The van der Waals surface area contributed by atoms with E-state index in [0.717, 1.165) is 22.9 Å². The van der Waals surface area contributed by atoms with Crippen LogP contribution in [0.1, 0.15) is 53.9 Å². The highest BCUT2D eigenvalue weighted by Gasteiger charge is 2.40. The van der Waals surface area contributed by atoms with Gasteiger partial charge >= 0.3 is 0 Å². The Hall–Kier alpha value is -2.09. The third-order valence-electron chi connectivity index (χ3n) is 8.25. The number of carbonyl (C=O) groups excluding carboxylic acids is 3. The fraction of sp³-hybridized carbons (Fsp3) is 0.483. The molecule has 0 spiro atoms. The molecule has 2 aliphatic heterocycles. The summed E-state index contributed by atoms with van der Waals surface area (Å²) in [5.41, 5.74) is 1.58. The number of piperidine rings is 2. The lowest BCUT2D eigenvalue weighted by molar-refractivity contribution is -0.142.